The van der Waals surface area contributed by atoms with Crippen LogP contribution in [0.5, 0.6) is 0 Å². The van der Waals surface area contributed by atoms with E-state index in [4.69, 9.17) is 4.42 Å². The number of hydrogen-bond acceptors (Lipinski definition) is 5. The number of halogens is 3. The van der Waals surface area contributed by atoms with Crippen LogP contribution in [0.15, 0.2) is 34.7 Å². The largest absolute Gasteiger partial charge is 0.471 e. The van der Waals surface area contributed by atoms with Gasteiger partial charge in [0.25, 0.3) is 0 Å². The number of carbonyl (C=O) groups is 1. The second-order valence-electron chi connectivity index (χ2n) is 6.56. The first-order chi connectivity index (χ1) is 13.3. The molecule has 0 unspecified atom stereocenters. The lowest BCUT2D eigenvalue weighted by molar-refractivity contribution is -0.170. The molecule has 0 saturated carbocycles. The minimum Gasteiger partial charge on any atom is -0.407 e. The molecular formula is C19H19F3N4O2. The summed E-state index contributed by atoms with van der Waals surface area (Å²) in [5.41, 5.74) is 1.13. The SMILES string of the molecule is Cc1nc(N(CCc2ccccc2)C(=O)C(F)(F)F)oc1N1CCC[C@H]1C#N. The van der Waals surface area contributed by atoms with Gasteiger partial charge in [0.15, 0.2) is 0 Å². The quantitative estimate of drug-likeness (QED) is 0.777. The Balaban J connectivity index is 1.89. The van der Waals surface area contributed by atoms with E-state index in [9.17, 15) is 23.2 Å². The van der Waals surface area contributed by atoms with Crippen LogP contribution in [-0.2, 0) is 11.2 Å². The summed E-state index contributed by atoms with van der Waals surface area (Å²) in [7, 11) is 0. The zero-order valence-electron chi connectivity index (χ0n) is 15.2. The van der Waals surface area contributed by atoms with Crippen molar-refractivity contribution in [2.45, 2.75) is 38.4 Å². The third-order valence-electron chi connectivity index (χ3n) is 4.61. The van der Waals surface area contributed by atoms with E-state index in [2.05, 4.69) is 11.1 Å². The number of aryl methyl sites for hydroxylation is 1. The maximum absolute atomic E-state index is 13.1. The number of nitriles is 1. The Morgan fingerprint density at radius 1 is 1.39 bits per heavy atom. The standard InChI is InChI=1S/C19H19F3N4O2/c1-13-16(25-10-5-8-15(25)12-23)28-18(24-13)26(17(27)19(20,21)22)11-9-14-6-3-2-4-7-14/h2-4,6-7,15H,5,8-11H2,1H3/t15-/m0/s1. The van der Waals surface area contributed by atoms with Crippen molar-refractivity contribution in [1.29, 1.82) is 5.26 Å². The van der Waals surface area contributed by atoms with Gasteiger partial charge in [0.05, 0.1) is 6.07 Å². The molecule has 0 N–H and O–H groups in total. The lowest BCUT2D eigenvalue weighted by Gasteiger charge is -2.21. The van der Waals surface area contributed by atoms with Crippen LogP contribution in [0.4, 0.5) is 25.1 Å². The molecule has 1 atom stereocenters. The fourth-order valence-corrected chi connectivity index (χ4v) is 3.22. The second-order valence-corrected chi connectivity index (χ2v) is 6.56. The first kappa shape index (κ1) is 19.7. The third-order valence-corrected chi connectivity index (χ3v) is 4.61. The van der Waals surface area contributed by atoms with E-state index >= 15 is 0 Å². The monoisotopic (exact) mass is 392 g/mol. The molecule has 1 aromatic heterocycles. The molecule has 1 fully saturated rings. The molecule has 6 nitrogen and oxygen atoms in total. The molecule has 9 heteroatoms. The number of anilines is 2. The van der Waals surface area contributed by atoms with Gasteiger partial charge in [-0.05, 0) is 31.7 Å². The van der Waals surface area contributed by atoms with E-state index in [1.807, 2.05) is 0 Å². The Morgan fingerprint density at radius 2 is 2.11 bits per heavy atom. The summed E-state index contributed by atoms with van der Waals surface area (Å²) in [6.45, 7) is 1.90. The van der Waals surface area contributed by atoms with Crippen molar-refractivity contribution in [3.63, 3.8) is 0 Å². The van der Waals surface area contributed by atoms with Crippen molar-refractivity contribution in [2.24, 2.45) is 0 Å². The molecule has 3 rings (SSSR count). The topological polar surface area (TPSA) is 73.4 Å². The highest BCUT2D eigenvalue weighted by Crippen LogP contribution is 2.33. The lowest BCUT2D eigenvalue weighted by atomic mass is 10.1. The molecule has 0 bridgehead atoms. The summed E-state index contributed by atoms with van der Waals surface area (Å²) in [6.07, 6.45) is -3.43. The average Bonchev–Trinajstić information content (AvgIpc) is 3.28. The molecule has 1 aliphatic heterocycles. The predicted octanol–water partition coefficient (Wildman–Crippen LogP) is 3.61. The van der Waals surface area contributed by atoms with Gasteiger partial charge in [0.1, 0.15) is 11.7 Å². The van der Waals surface area contributed by atoms with Gasteiger partial charge >= 0.3 is 18.1 Å². The number of aromatic nitrogens is 1. The Morgan fingerprint density at radius 3 is 2.75 bits per heavy atom. The van der Waals surface area contributed by atoms with Crippen LogP contribution in [0.2, 0.25) is 0 Å². The van der Waals surface area contributed by atoms with Crippen LogP contribution in [0.1, 0.15) is 24.1 Å². The number of alkyl halides is 3. The van der Waals surface area contributed by atoms with Gasteiger partial charge in [-0.3, -0.25) is 9.69 Å². The maximum atomic E-state index is 13.1. The smallest absolute Gasteiger partial charge is 0.407 e. The molecule has 28 heavy (non-hydrogen) atoms. The van der Waals surface area contributed by atoms with E-state index < -0.39 is 24.1 Å². The first-order valence-corrected chi connectivity index (χ1v) is 8.87. The number of benzene rings is 1. The minimum absolute atomic E-state index is 0.212. The van der Waals surface area contributed by atoms with Crippen LogP contribution >= 0.6 is 0 Å². The fourth-order valence-electron chi connectivity index (χ4n) is 3.22. The van der Waals surface area contributed by atoms with Crippen molar-refractivity contribution in [1.82, 2.24) is 4.98 Å². The second kappa shape index (κ2) is 7.92. The summed E-state index contributed by atoms with van der Waals surface area (Å²) < 4.78 is 44.9. The molecule has 0 radical (unpaired) electrons. The van der Waals surface area contributed by atoms with Crippen LogP contribution in [0.3, 0.4) is 0 Å². The van der Waals surface area contributed by atoms with Crippen LogP contribution in [0.25, 0.3) is 0 Å². The molecule has 2 heterocycles. The van der Waals surface area contributed by atoms with Crippen molar-refractivity contribution < 1.29 is 22.4 Å². The Hall–Kier alpha value is -3.02. The van der Waals surface area contributed by atoms with E-state index in [1.54, 1.807) is 42.2 Å². The van der Waals surface area contributed by atoms with Crippen molar-refractivity contribution in [2.75, 3.05) is 22.9 Å². The van der Waals surface area contributed by atoms with Crippen LogP contribution in [-0.4, -0.2) is 36.2 Å². The molecule has 148 valence electrons. The minimum atomic E-state index is -5.05. The molecule has 0 aliphatic carbocycles. The number of nitrogens with zero attached hydrogens (tertiary/aromatic N) is 4. The van der Waals surface area contributed by atoms with Gasteiger partial charge in [-0.25, -0.2) is 0 Å². The fraction of sp³-hybridized carbons (Fsp3) is 0.421. The number of amides is 1. The van der Waals surface area contributed by atoms with Crippen molar-refractivity contribution in [3.05, 3.63) is 41.6 Å². The van der Waals surface area contributed by atoms with E-state index in [0.29, 0.717) is 23.6 Å². The number of oxazole rings is 1. The molecule has 1 amide bonds. The third kappa shape index (κ3) is 4.11. The highest BCUT2D eigenvalue weighted by Gasteiger charge is 2.45. The molecular weight excluding hydrogens is 373 g/mol. The van der Waals surface area contributed by atoms with Gasteiger partial charge < -0.3 is 9.32 Å². The van der Waals surface area contributed by atoms with Gasteiger partial charge in [0, 0.05) is 13.1 Å². The van der Waals surface area contributed by atoms with Crippen LogP contribution < -0.4 is 9.80 Å². The zero-order chi connectivity index (χ0) is 20.3. The molecule has 0 spiro atoms. The lowest BCUT2D eigenvalue weighted by Crippen LogP contribution is -2.42. The first-order valence-electron chi connectivity index (χ1n) is 8.87. The Kier molecular flexibility index (Phi) is 5.58. The number of carbonyl (C=O) groups excluding carboxylic acids is 1. The zero-order valence-corrected chi connectivity index (χ0v) is 15.2. The van der Waals surface area contributed by atoms with E-state index in [0.717, 1.165) is 12.0 Å². The van der Waals surface area contributed by atoms with Gasteiger partial charge in [-0.2, -0.15) is 23.4 Å². The Labute approximate surface area is 160 Å². The summed E-state index contributed by atoms with van der Waals surface area (Å²) in [6, 6.07) is 10.2. The normalized spacial score (nSPS) is 16.8. The van der Waals surface area contributed by atoms with Crippen molar-refractivity contribution in [3.8, 4) is 6.07 Å². The van der Waals surface area contributed by atoms with E-state index in [1.165, 1.54) is 0 Å². The summed E-state index contributed by atoms with van der Waals surface area (Å²) in [5, 5.41) is 9.24. The Bertz CT molecular complexity index is 874. The molecule has 1 aromatic carbocycles. The van der Waals surface area contributed by atoms with Crippen LogP contribution in [0, 0.1) is 18.3 Å². The number of rotatable bonds is 5. The highest BCUT2D eigenvalue weighted by atomic mass is 19.4. The molecule has 2 aromatic rings. The molecule has 1 aliphatic rings. The highest BCUT2D eigenvalue weighted by molar-refractivity contribution is 5.95. The van der Waals surface area contributed by atoms with Gasteiger partial charge in [0.2, 0.25) is 5.88 Å². The summed E-state index contributed by atoms with van der Waals surface area (Å²) in [4.78, 5) is 18.2. The van der Waals surface area contributed by atoms with Gasteiger partial charge in [-0.15, -0.1) is 0 Å². The number of hydrogen-bond donors (Lipinski definition) is 0. The van der Waals surface area contributed by atoms with Gasteiger partial charge in [-0.1, -0.05) is 30.3 Å². The van der Waals surface area contributed by atoms with Crippen molar-refractivity contribution >= 4 is 17.8 Å². The summed E-state index contributed by atoms with van der Waals surface area (Å²) in [5.74, 6) is -1.80. The maximum Gasteiger partial charge on any atom is 0.471 e. The predicted molar refractivity (Wildman–Crippen MR) is 95.8 cm³/mol. The van der Waals surface area contributed by atoms with E-state index in [-0.39, 0.29) is 18.8 Å². The molecule has 1 saturated heterocycles. The summed E-state index contributed by atoms with van der Waals surface area (Å²) >= 11 is 0. The average molecular weight is 392 g/mol.